The van der Waals surface area contributed by atoms with Crippen molar-refractivity contribution in [1.82, 2.24) is 14.7 Å². The van der Waals surface area contributed by atoms with E-state index >= 15 is 0 Å². The van der Waals surface area contributed by atoms with Gasteiger partial charge in [-0.25, -0.2) is 9.99 Å². The molecule has 1 aliphatic rings. The number of nitrogens with zero attached hydrogens (tertiary/aromatic N) is 4. The van der Waals surface area contributed by atoms with Crippen molar-refractivity contribution in [1.29, 1.82) is 0 Å². The predicted molar refractivity (Wildman–Crippen MR) is 108 cm³/mol. The Kier molecular flexibility index (Phi) is 4.15. The number of hydrogen-bond donors (Lipinski definition) is 1. The lowest BCUT2D eigenvalue weighted by Gasteiger charge is -2.19. The summed E-state index contributed by atoms with van der Waals surface area (Å²) < 4.78 is 1.87. The first-order valence-corrected chi connectivity index (χ1v) is 9.18. The molecule has 0 radical (unpaired) electrons. The van der Waals surface area contributed by atoms with Crippen LogP contribution in [0, 0.1) is 0 Å². The van der Waals surface area contributed by atoms with Gasteiger partial charge < -0.3 is 9.72 Å². The third-order valence-corrected chi connectivity index (χ3v) is 5.10. The molecule has 0 saturated heterocycles. The number of aromatic nitrogens is 2. The van der Waals surface area contributed by atoms with Gasteiger partial charge in [0.2, 0.25) is 0 Å². The van der Waals surface area contributed by atoms with E-state index in [4.69, 9.17) is 11.6 Å². The van der Waals surface area contributed by atoms with Crippen LogP contribution in [0.4, 0.5) is 5.82 Å². The largest absolute Gasteiger partial charge is 0.343 e. The first-order chi connectivity index (χ1) is 12.9. The summed E-state index contributed by atoms with van der Waals surface area (Å²) in [4.78, 5) is 16.5. The van der Waals surface area contributed by atoms with E-state index in [0.29, 0.717) is 11.7 Å². The standard InChI is InChI=1S/C20H20ClN5O/c1-4-26(18-16-7-8-17(21)25(16)10-9-22-18)23-12-13-5-6-14-15(11-13)20(2,3)24-19(14)27/h5-12H,4H2,1-3H3,(H,24,27)/b23-12+. The van der Waals surface area contributed by atoms with E-state index in [9.17, 15) is 4.79 Å². The van der Waals surface area contributed by atoms with Crippen LogP contribution in [-0.4, -0.2) is 28.1 Å². The Balaban J connectivity index is 1.68. The van der Waals surface area contributed by atoms with Gasteiger partial charge in [0.25, 0.3) is 5.91 Å². The smallest absolute Gasteiger partial charge is 0.252 e. The fraction of sp³-hybridized carbons (Fsp3) is 0.250. The fourth-order valence-corrected chi connectivity index (χ4v) is 3.60. The summed E-state index contributed by atoms with van der Waals surface area (Å²) in [7, 11) is 0. The topological polar surface area (TPSA) is 62.0 Å². The molecule has 2 aromatic heterocycles. The van der Waals surface area contributed by atoms with Crippen molar-refractivity contribution in [2.45, 2.75) is 26.3 Å². The van der Waals surface area contributed by atoms with E-state index in [0.717, 1.165) is 28.0 Å². The number of hydrazone groups is 1. The van der Waals surface area contributed by atoms with Crippen LogP contribution in [0.5, 0.6) is 0 Å². The zero-order valence-corrected chi connectivity index (χ0v) is 16.2. The second kappa shape index (κ2) is 6.39. The molecule has 6 nitrogen and oxygen atoms in total. The van der Waals surface area contributed by atoms with Crippen molar-refractivity contribution in [2.75, 3.05) is 11.6 Å². The van der Waals surface area contributed by atoms with Crippen molar-refractivity contribution in [3.05, 3.63) is 64.6 Å². The fourth-order valence-electron chi connectivity index (χ4n) is 3.39. The molecular formula is C20H20ClN5O. The van der Waals surface area contributed by atoms with Gasteiger partial charge in [-0.15, -0.1) is 0 Å². The molecule has 0 aliphatic carbocycles. The van der Waals surface area contributed by atoms with Crippen molar-refractivity contribution in [3.63, 3.8) is 0 Å². The number of nitrogens with one attached hydrogen (secondary N) is 1. The van der Waals surface area contributed by atoms with Crippen LogP contribution in [0.25, 0.3) is 5.52 Å². The van der Waals surface area contributed by atoms with Crippen molar-refractivity contribution in [2.24, 2.45) is 5.10 Å². The highest BCUT2D eigenvalue weighted by atomic mass is 35.5. The average Bonchev–Trinajstić information content (AvgIpc) is 3.13. The van der Waals surface area contributed by atoms with E-state index in [1.807, 2.05) is 66.7 Å². The molecule has 1 amide bonds. The van der Waals surface area contributed by atoms with E-state index < -0.39 is 0 Å². The lowest BCUT2D eigenvalue weighted by molar-refractivity contribution is 0.0940. The second-order valence-corrected chi connectivity index (χ2v) is 7.39. The molecule has 138 valence electrons. The van der Waals surface area contributed by atoms with Gasteiger partial charge in [0.05, 0.1) is 17.3 Å². The van der Waals surface area contributed by atoms with Crippen LogP contribution in [-0.2, 0) is 5.54 Å². The first kappa shape index (κ1) is 17.5. The van der Waals surface area contributed by atoms with Crippen molar-refractivity contribution in [3.8, 4) is 0 Å². The normalized spacial score (nSPS) is 15.3. The Hall–Kier alpha value is -2.86. The van der Waals surface area contributed by atoms with Crippen molar-refractivity contribution >= 4 is 35.1 Å². The molecule has 0 spiro atoms. The number of hydrogen-bond acceptors (Lipinski definition) is 4. The quantitative estimate of drug-likeness (QED) is 0.552. The summed E-state index contributed by atoms with van der Waals surface area (Å²) in [6.07, 6.45) is 5.32. The molecule has 0 fully saturated rings. The lowest BCUT2D eigenvalue weighted by Crippen LogP contribution is -2.32. The molecule has 0 atom stereocenters. The minimum atomic E-state index is -0.378. The third kappa shape index (κ3) is 2.96. The molecule has 4 rings (SSSR count). The monoisotopic (exact) mass is 381 g/mol. The van der Waals surface area contributed by atoms with Gasteiger partial charge in [-0.05, 0) is 56.2 Å². The molecule has 0 unspecified atom stereocenters. The minimum Gasteiger partial charge on any atom is -0.343 e. The summed E-state index contributed by atoms with van der Waals surface area (Å²) >= 11 is 6.20. The van der Waals surface area contributed by atoms with Crippen molar-refractivity contribution < 1.29 is 4.79 Å². The summed E-state index contributed by atoms with van der Waals surface area (Å²) in [5.41, 5.74) is 3.15. The van der Waals surface area contributed by atoms with Crippen LogP contribution in [0.2, 0.25) is 5.15 Å². The molecule has 1 aliphatic heterocycles. The van der Waals surface area contributed by atoms with E-state index in [1.165, 1.54) is 0 Å². The second-order valence-electron chi connectivity index (χ2n) is 7.01. The molecular weight excluding hydrogens is 362 g/mol. The van der Waals surface area contributed by atoms with E-state index in [1.54, 1.807) is 12.4 Å². The SMILES string of the molecule is CCN(/N=C/c1ccc2c(c1)C(C)(C)NC2=O)c1nccn2c(Cl)ccc12. The zero-order chi connectivity index (χ0) is 19.2. The number of halogens is 1. The molecule has 1 aromatic carbocycles. The van der Waals surface area contributed by atoms with Crippen LogP contribution >= 0.6 is 11.6 Å². The van der Waals surface area contributed by atoms with E-state index in [2.05, 4.69) is 15.4 Å². The Morgan fingerprint density at radius 2 is 2.15 bits per heavy atom. The van der Waals surface area contributed by atoms with Gasteiger partial charge >= 0.3 is 0 Å². The lowest BCUT2D eigenvalue weighted by atomic mass is 9.93. The summed E-state index contributed by atoms with van der Waals surface area (Å²) in [5.74, 6) is 0.705. The minimum absolute atomic E-state index is 0.0327. The van der Waals surface area contributed by atoms with Crippen LogP contribution in [0.15, 0.2) is 47.8 Å². The number of rotatable bonds is 4. The maximum atomic E-state index is 12.0. The molecule has 7 heteroatoms. The number of amides is 1. The Labute approximate surface area is 162 Å². The van der Waals surface area contributed by atoms with Gasteiger partial charge in [0.1, 0.15) is 5.15 Å². The van der Waals surface area contributed by atoms with Gasteiger partial charge in [-0.1, -0.05) is 17.7 Å². The summed E-state index contributed by atoms with van der Waals surface area (Å²) in [6.45, 7) is 6.66. The summed E-state index contributed by atoms with van der Waals surface area (Å²) in [5, 5.41) is 10.1. The molecule has 1 N–H and O–H groups in total. The van der Waals surface area contributed by atoms with Crippen LogP contribution in [0.3, 0.4) is 0 Å². The number of fused-ring (bicyclic) bond motifs is 2. The van der Waals surface area contributed by atoms with Gasteiger partial charge in [0, 0.05) is 24.5 Å². The number of carbonyl (C=O) groups excluding carboxylic acids is 1. The average molecular weight is 382 g/mol. The summed E-state index contributed by atoms with van der Waals surface area (Å²) in [6, 6.07) is 9.53. The maximum absolute atomic E-state index is 12.0. The molecule has 3 heterocycles. The Bertz CT molecular complexity index is 1070. The predicted octanol–water partition coefficient (Wildman–Crippen LogP) is 3.83. The molecule has 0 saturated carbocycles. The van der Waals surface area contributed by atoms with Gasteiger partial charge in [0.15, 0.2) is 5.82 Å². The Morgan fingerprint density at radius 1 is 1.33 bits per heavy atom. The first-order valence-electron chi connectivity index (χ1n) is 8.81. The van der Waals surface area contributed by atoms with E-state index in [-0.39, 0.29) is 11.4 Å². The third-order valence-electron chi connectivity index (χ3n) is 4.79. The van der Waals surface area contributed by atoms with Crippen LogP contribution in [0.1, 0.15) is 42.3 Å². The van der Waals surface area contributed by atoms with Gasteiger partial charge in [-0.3, -0.25) is 4.79 Å². The number of carbonyl (C=O) groups is 1. The highest BCUT2D eigenvalue weighted by Gasteiger charge is 2.34. The maximum Gasteiger partial charge on any atom is 0.252 e. The Morgan fingerprint density at radius 3 is 2.93 bits per heavy atom. The molecule has 0 bridgehead atoms. The number of benzene rings is 1. The molecule has 27 heavy (non-hydrogen) atoms. The van der Waals surface area contributed by atoms with Crippen LogP contribution < -0.4 is 10.3 Å². The zero-order valence-electron chi connectivity index (χ0n) is 15.4. The van der Waals surface area contributed by atoms with Gasteiger partial charge in [-0.2, -0.15) is 5.10 Å². The number of anilines is 1. The highest BCUT2D eigenvalue weighted by Crippen LogP contribution is 2.31. The molecule has 3 aromatic rings. The highest BCUT2D eigenvalue weighted by molar-refractivity contribution is 6.30.